The van der Waals surface area contributed by atoms with E-state index in [1.165, 1.54) is 5.56 Å². The van der Waals surface area contributed by atoms with E-state index in [4.69, 9.17) is 16.0 Å². The number of benzene rings is 3. The fraction of sp³-hybridized carbons (Fsp3) is 0.0909. The van der Waals surface area contributed by atoms with Gasteiger partial charge in [0.25, 0.3) is 0 Å². The van der Waals surface area contributed by atoms with Gasteiger partial charge in [0.15, 0.2) is 0 Å². The van der Waals surface area contributed by atoms with Gasteiger partial charge in [-0.25, -0.2) is 0 Å². The number of halogens is 1. The molecule has 128 valence electrons. The molecular formula is C22H17ClN2O. The van der Waals surface area contributed by atoms with Gasteiger partial charge in [0.2, 0.25) is 11.8 Å². The maximum Gasteiger partial charge on any atom is 0.248 e. The Bertz CT molecular complexity index is 1020. The molecule has 1 aromatic heterocycles. The average Bonchev–Trinajstić information content (AvgIpc) is 3.19. The Morgan fingerprint density at radius 1 is 0.731 bits per heavy atom. The molecule has 1 heterocycles. The SMILES string of the molecule is Cc1c(-c2ccccc2)cccc1-c1nnc(-c2ccc(CCl)cc2)o1. The Balaban J connectivity index is 1.72. The highest BCUT2D eigenvalue weighted by atomic mass is 35.5. The number of alkyl halides is 1. The second-order valence-corrected chi connectivity index (χ2v) is 6.35. The second kappa shape index (κ2) is 7.14. The molecule has 4 aromatic rings. The van der Waals surface area contributed by atoms with Crippen LogP contribution in [0.25, 0.3) is 34.0 Å². The van der Waals surface area contributed by atoms with Crippen LogP contribution in [-0.2, 0) is 5.88 Å². The van der Waals surface area contributed by atoms with E-state index in [1.807, 2.05) is 54.6 Å². The molecule has 0 aliphatic heterocycles. The Kier molecular flexibility index (Phi) is 4.55. The Morgan fingerprint density at radius 3 is 2.15 bits per heavy atom. The third-order valence-corrected chi connectivity index (χ3v) is 4.74. The summed E-state index contributed by atoms with van der Waals surface area (Å²) in [4.78, 5) is 0. The fourth-order valence-corrected chi connectivity index (χ4v) is 3.16. The largest absolute Gasteiger partial charge is 0.416 e. The van der Waals surface area contributed by atoms with Gasteiger partial charge in [-0.3, -0.25) is 0 Å². The molecule has 0 unspecified atom stereocenters. The molecule has 26 heavy (non-hydrogen) atoms. The van der Waals surface area contributed by atoms with Crippen molar-refractivity contribution in [2.75, 3.05) is 0 Å². The van der Waals surface area contributed by atoms with Crippen molar-refractivity contribution in [3.05, 3.63) is 83.9 Å². The van der Waals surface area contributed by atoms with Gasteiger partial charge >= 0.3 is 0 Å². The molecule has 0 spiro atoms. The zero-order valence-electron chi connectivity index (χ0n) is 14.3. The Morgan fingerprint density at radius 2 is 1.42 bits per heavy atom. The van der Waals surface area contributed by atoms with Crippen LogP contribution in [0.2, 0.25) is 0 Å². The van der Waals surface area contributed by atoms with Gasteiger partial charge < -0.3 is 4.42 Å². The molecule has 0 radical (unpaired) electrons. The maximum absolute atomic E-state index is 5.95. The van der Waals surface area contributed by atoms with Crippen molar-refractivity contribution in [2.24, 2.45) is 0 Å². The standard InChI is InChI=1S/C22H17ClN2O/c1-15-19(17-6-3-2-4-7-17)8-5-9-20(15)22-25-24-21(26-22)18-12-10-16(14-23)11-13-18/h2-13H,14H2,1H3. The lowest BCUT2D eigenvalue weighted by Gasteiger charge is -2.09. The van der Waals surface area contributed by atoms with Gasteiger partial charge in [-0.05, 0) is 47.4 Å². The summed E-state index contributed by atoms with van der Waals surface area (Å²) in [6, 6.07) is 24.3. The molecule has 4 heteroatoms. The zero-order chi connectivity index (χ0) is 17.9. The molecule has 0 atom stereocenters. The highest BCUT2D eigenvalue weighted by Crippen LogP contribution is 2.32. The molecule has 3 aromatic carbocycles. The van der Waals surface area contributed by atoms with Crippen molar-refractivity contribution in [2.45, 2.75) is 12.8 Å². The van der Waals surface area contributed by atoms with E-state index in [2.05, 4.69) is 35.3 Å². The van der Waals surface area contributed by atoms with Gasteiger partial charge in [-0.15, -0.1) is 21.8 Å². The Hall–Kier alpha value is -2.91. The highest BCUT2D eigenvalue weighted by molar-refractivity contribution is 6.17. The minimum absolute atomic E-state index is 0.487. The van der Waals surface area contributed by atoms with Crippen LogP contribution >= 0.6 is 11.6 Å². The smallest absolute Gasteiger partial charge is 0.248 e. The summed E-state index contributed by atoms with van der Waals surface area (Å²) >= 11 is 5.84. The molecule has 0 fully saturated rings. The number of aromatic nitrogens is 2. The van der Waals surface area contributed by atoms with E-state index >= 15 is 0 Å². The minimum atomic E-state index is 0.487. The van der Waals surface area contributed by atoms with Crippen LogP contribution in [0, 0.1) is 6.92 Å². The van der Waals surface area contributed by atoms with Crippen molar-refractivity contribution in [3.8, 4) is 34.0 Å². The van der Waals surface area contributed by atoms with Crippen LogP contribution in [0.15, 0.2) is 77.2 Å². The number of hydrogen-bond donors (Lipinski definition) is 0. The molecule has 0 bridgehead atoms. The van der Waals surface area contributed by atoms with Crippen molar-refractivity contribution in [3.63, 3.8) is 0 Å². The van der Waals surface area contributed by atoms with Crippen molar-refractivity contribution < 1.29 is 4.42 Å². The third kappa shape index (κ3) is 3.14. The average molecular weight is 361 g/mol. The quantitative estimate of drug-likeness (QED) is 0.411. The lowest BCUT2D eigenvalue weighted by Crippen LogP contribution is -1.88. The molecular weight excluding hydrogens is 344 g/mol. The maximum atomic E-state index is 5.95. The lowest BCUT2D eigenvalue weighted by molar-refractivity contribution is 0.584. The van der Waals surface area contributed by atoms with E-state index < -0.39 is 0 Å². The van der Waals surface area contributed by atoms with Gasteiger partial charge in [0.05, 0.1) is 0 Å². The summed E-state index contributed by atoms with van der Waals surface area (Å²) in [5.74, 6) is 1.52. The first-order valence-electron chi connectivity index (χ1n) is 8.40. The number of rotatable bonds is 4. The van der Waals surface area contributed by atoms with Crippen LogP contribution in [0.4, 0.5) is 0 Å². The van der Waals surface area contributed by atoms with E-state index in [9.17, 15) is 0 Å². The number of nitrogens with zero attached hydrogens (tertiary/aromatic N) is 2. The monoisotopic (exact) mass is 360 g/mol. The summed E-state index contributed by atoms with van der Waals surface area (Å²) in [5.41, 5.74) is 6.34. The van der Waals surface area contributed by atoms with Crippen LogP contribution in [0.1, 0.15) is 11.1 Å². The molecule has 0 amide bonds. The summed E-state index contributed by atoms with van der Waals surface area (Å²) < 4.78 is 5.95. The molecule has 0 saturated carbocycles. The Labute approximate surface area is 157 Å². The van der Waals surface area contributed by atoms with E-state index in [-0.39, 0.29) is 0 Å². The van der Waals surface area contributed by atoms with Crippen molar-refractivity contribution in [1.82, 2.24) is 10.2 Å². The fourth-order valence-electron chi connectivity index (χ4n) is 2.98. The van der Waals surface area contributed by atoms with Crippen LogP contribution < -0.4 is 0 Å². The lowest BCUT2D eigenvalue weighted by atomic mass is 9.96. The number of hydrogen-bond acceptors (Lipinski definition) is 3. The van der Waals surface area contributed by atoms with Crippen LogP contribution in [-0.4, -0.2) is 10.2 Å². The third-order valence-electron chi connectivity index (χ3n) is 4.43. The molecule has 0 aliphatic rings. The molecule has 0 saturated heterocycles. The molecule has 0 aliphatic carbocycles. The predicted octanol–water partition coefficient (Wildman–Crippen LogP) is 6.12. The summed E-state index contributed by atoms with van der Waals surface area (Å²) in [5, 5.41) is 8.47. The summed E-state index contributed by atoms with van der Waals surface area (Å²) in [6.07, 6.45) is 0. The van der Waals surface area contributed by atoms with Crippen molar-refractivity contribution in [1.29, 1.82) is 0 Å². The molecule has 0 N–H and O–H groups in total. The van der Waals surface area contributed by atoms with Crippen LogP contribution in [0.3, 0.4) is 0 Å². The minimum Gasteiger partial charge on any atom is -0.416 e. The molecule has 4 rings (SSSR count). The zero-order valence-corrected chi connectivity index (χ0v) is 15.1. The van der Waals surface area contributed by atoms with E-state index in [0.717, 1.165) is 27.8 Å². The van der Waals surface area contributed by atoms with E-state index in [1.54, 1.807) is 0 Å². The highest BCUT2D eigenvalue weighted by Gasteiger charge is 2.14. The van der Waals surface area contributed by atoms with Gasteiger partial charge in [0, 0.05) is 17.0 Å². The van der Waals surface area contributed by atoms with E-state index in [0.29, 0.717) is 17.7 Å². The summed E-state index contributed by atoms with van der Waals surface area (Å²) in [7, 11) is 0. The topological polar surface area (TPSA) is 38.9 Å². The normalized spacial score (nSPS) is 10.8. The first kappa shape index (κ1) is 16.6. The first-order valence-corrected chi connectivity index (χ1v) is 8.94. The predicted molar refractivity (Wildman–Crippen MR) is 105 cm³/mol. The first-order chi connectivity index (χ1) is 12.8. The second-order valence-electron chi connectivity index (χ2n) is 6.09. The van der Waals surface area contributed by atoms with Gasteiger partial charge in [-0.1, -0.05) is 54.6 Å². The van der Waals surface area contributed by atoms with Crippen LogP contribution in [0.5, 0.6) is 0 Å². The van der Waals surface area contributed by atoms with Crippen molar-refractivity contribution >= 4 is 11.6 Å². The van der Waals surface area contributed by atoms with Gasteiger partial charge in [-0.2, -0.15) is 0 Å². The van der Waals surface area contributed by atoms with Gasteiger partial charge in [0.1, 0.15) is 0 Å². The molecule has 3 nitrogen and oxygen atoms in total. The summed E-state index contributed by atoms with van der Waals surface area (Å²) in [6.45, 7) is 2.08.